The number of nitrogens with one attached hydrogen (secondary N) is 2. The molecule has 1 amide bonds. The Morgan fingerprint density at radius 1 is 1.38 bits per heavy atom. The van der Waals surface area contributed by atoms with E-state index in [4.69, 9.17) is 9.62 Å². The summed E-state index contributed by atoms with van der Waals surface area (Å²) in [4.78, 5) is 32.5. The monoisotopic (exact) mass is 294 g/mol. The van der Waals surface area contributed by atoms with Gasteiger partial charge in [0.2, 0.25) is 0 Å². The third kappa shape index (κ3) is 3.89. The topological polar surface area (TPSA) is 98.4 Å². The van der Waals surface area contributed by atoms with Gasteiger partial charge in [0.25, 0.3) is 0 Å². The Morgan fingerprint density at radius 2 is 2.14 bits per heavy atom. The van der Waals surface area contributed by atoms with Crippen molar-refractivity contribution in [3.8, 4) is 0 Å². The summed E-state index contributed by atoms with van der Waals surface area (Å²) in [5, 5.41) is 2.65. The summed E-state index contributed by atoms with van der Waals surface area (Å²) in [6, 6.07) is 0. The van der Waals surface area contributed by atoms with Crippen molar-refractivity contribution in [1.29, 1.82) is 0 Å². The van der Waals surface area contributed by atoms with Crippen LogP contribution in [0, 0.1) is 0 Å². The van der Waals surface area contributed by atoms with E-state index in [1.165, 1.54) is 13.4 Å². The molecule has 21 heavy (non-hydrogen) atoms. The van der Waals surface area contributed by atoms with E-state index in [1.54, 1.807) is 27.0 Å². The van der Waals surface area contributed by atoms with Crippen molar-refractivity contribution >= 4 is 22.8 Å². The molecule has 0 aliphatic carbocycles. The number of hydrogen-bond acceptors (Lipinski definition) is 6. The quantitative estimate of drug-likeness (QED) is 0.663. The fraction of sp³-hybridized carbons (Fsp3) is 0.462. The molecule has 0 bridgehead atoms. The van der Waals surface area contributed by atoms with Crippen molar-refractivity contribution in [2.24, 2.45) is 0 Å². The molecule has 0 aromatic carbocycles. The second kappa shape index (κ2) is 6.06. The van der Waals surface area contributed by atoms with E-state index in [9.17, 15) is 4.79 Å². The van der Waals surface area contributed by atoms with Gasteiger partial charge in [-0.1, -0.05) is 0 Å². The van der Waals surface area contributed by atoms with Gasteiger partial charge in [0.05, 0.1) is 24.0 Å². The van der Waals surface area contributed by atoms with Crippen LogP contribution in [0.3, 0.4) is 0 Å². The molecule has 2 aromatic rings. The lowest BCUT2D eigenvalue weighted by molar-refractivity contribution is -0.282. The van der Waals surface area contributed by atoms with Crippen LogP contribution >= 0.6 is 0 Å². The van der Waals surface area contributed by atoms with Crippen LogP contribution in [0.15, 0.2) is 12.5 Å². The Labute approximate surface area is 121 Å². The van der Waals surface area contributed by atoms with Gasteiger partial charge < -0.3 is 9.72 Å². The lowest BCUT2D eigenvalue weighted by atomic mass is 10.2. The predicted molar refractivity (Wildman–Crippen MR) is 75.5 cm³/mol. The molecule has 0 aliphatic heterocycles. The molecule has 2 aromatic heterocycles. The number of rotatable bonds is 4. The molecule has 0 atom stereocenters. The number of aromatic amines is 1. The smallest absolute Gasteiger partial charge is 0.412 e. The molecule has 0 fully saturated rings. The number of aromatic nitrogens is 3. The highest BCUT2D eigenvalue weighted by Gasteiger charge is 2.18. The Balaban J connectivity index is 2.20. The summed E-state index contributed by atoms with van der Waals surface area (Å²) in [6.45, 7) is 5.56. The molecule has 2 heterocycles. The fourth-order valence-corrected chi connectivity index (χ4v) is 1.72. The third-order valence-corrected chi connectivity index (χ3v) is 2.49. The molecule has 0 saturated carbocycles. The Hall–Kier alpha value is -2.19. The van der Waals surface area contributed by atoms with E-state index in [0.29, 0.717) is 22.4 Å². The van der Waals surface area contributed by atoms with Gasteiger partial charge in [-0.3, -0.25) is 5.32 Å². The van der Waals surface area contributed by atoms with Crippen molar-refractivity contribution in [3.63, 3.8) is 0 Å². The van der Waals surface area contributed by atoms with E-state index in [2.05, 4.69) is 25.2 Å². The van der Waals surface area contributed by atoms with Crippen LogP contribution in [0.25, 0.3) is 11.0 Å². The highest BCUT2D eigenvalue weighted by atomic mass is 17.2. The molecule has 0 unspecified atom stereocenters. The van der Waals surface area contributed by atoms with E-state index >= 15 is 0 Å². The number of nitrogens with zero attached hydrogens (tertiary/aromatic N) is 2. The molecule has 0 saturated heterocycles. The van der Waals surface area contributed by atoms with Crippen LogP contribution in [-0.4, -0.2) is 33.8 Å². The third-order valence-electron chi connectivity index (χ3n) is 2.49. The van der Waals surface area contributed by atoms with E-state index < -0.39 is 11.7 Å². The van der Waals surface area contributed by atoms with Crippen LogP contribution < -0.4 is 5.32 Å². The first-order valence-electron chi connectivity index (χ1n) is 6.37. The van der Waals surface area contributed by atoms with Crippen molar-refractivity contribution in [1.82, 2.24) is 15.0 Å². The number of fused-ring (bicyclic) bond motifs is 1. The summed E-state index contributed by atoms with van der Waals surface area (Å²) in [6.07, 6.45) is 2.47. The minimum Gasteiger partial charge on any atom is -0.444 e. The van der Waals surface area contributed by atoms with Gasteiger partial charge in [0.1, 0.15) is 24.1 Å². The number of ether oxygens (including phenoxy) is 1. The maximum absolute atomic E-state index is 11.8. The minimum atomic E-state index is -0.567. The second-order valence-electron chi connectivity index (χ2n) is 5.30. The van der Waals surface area contributed by atoms with Gasteiger partial charge >= 0.3 is 6.09 Å². The first-order valence-corrected chi connectivity index (χ1v) is 6.37. The van der Waals surface area contributed by atoms with Crippen LogP contribution in [0.4, 0.5) is 10.5 Å². The van der Waals surface area contributed by atoms with Gasteiger partial charge in [-0.2, -0.15) is 0 Å². The van der Waals surface area contributed by atoms with E-state index in [1.807, 2.05) is 0 Å². The molecule has 8 heteroatoms. The second-order valence-corrected chi connectivity index (χ2v) is 5.30. The predicted octanol–water partition coefficient (Wildman–Crippen LogP) is 2.38. The van der Waals surface area contributed by atoms with Gasteiger partial charge in [-0.05, 0) is 20.8 Å². The highest BCUT2D eigenvalue weighted by Crippen LogP contribution is 2.23. The number of carbonyl (C=O) groups is 1. The normalized spacial score (nSPS) is 11.6. The highest BCUT2D eigenvalue weighted by molar-refractivity contribution is 5.97. The molecular formula is C13H18N4O4. The van der Waals surface area contributed by atoms with E-state index in [-0.39, 0.29) is 6.61 Å². The number of amides is 1. The van der Waals surface area contributed by atoms with Crippen LogP contribution in [0.5, 0.6) is 0 Å². The zero-order valence-electron chi connectivity index (χ0n) is 12.4. The van der Waals surface area contributed by atoms with Crippen LogP contribution in [-0.2, 0) is 21.1 Å². The van der Waals surface area contributed by atoms with Crippen molar-refractivity contribution in [2.45, 2.75) is 33.0 Å². The van der Waals surface area contributed by atoms with Crippen molar-refractivity contribution in [2.75, 3.05) is 12.4 Å². The van der Waals surface area contributed by atoms with Gasteiger partial charge in [0.15, 0.2) is 0 Å². The molecule has 2 rings (SSSR count). The summed E-state index contributed by atoms with van der Waals surface area (Å²) < 4.78 is 5.20. The average Bonchev–Trinajstić information content (AvgIpc) is 2.78. The fourth-order valence-electron chi connectivity index (χ4n) is 1.72. The molecule has 8 nitrogen and oxygen atoms in total. The lowest BCUT2D eigenvalue weighted by Gasteiger charge is -2.19. The Kier molecular flexibility index (Phi) is 4.39. The van der Waals surface area contributed by atoms with E-state index in [0.717, 1.165) is 0 Å². The zero-order valence-corrected chi connectivity index (χ0v) is 12.4. The molecule has 0 spiro atoms. The summed E-state index contributed by atoms with van der Waals surface area (Å²) in [5.74, 6) is 0. The first kappa shape index (κ1) is 15.2. The molecule has 2 N–H and O–H groups in total. The van der Waals surface area contributed by atoms with Gasteiger partial charge in [-0.15, -0.1) is 0 Å². The minimum absolute atomic E-state index is 0.169. The molecule has 114 valence electrons. The largest absolute Gasteiger partial charge is 0.444 e. The molecular weight excluding hydrogens is 276 g/mol. The summed E-state index contributed by atoms with van der Waals surface area (Å²) in [5.41, 5.74) is 1.81. The zero-order chi connectivity index (χ0) is 15.5. The SMILES string of the molecule is COOCc1ncnc2c(NC(=O)OC(C)(C)C)c[nH]c12. The molecule has 0 aliphatic rings. The lowest BCUT2D eigenvalue weighted by Crippen LogP contribution is -2.27. The van der Waals surface area contributed by atoms with Crippen molar-refractivity contribution < 1.29 is 19.3 Å². The Morgan fingerprint density at radius 3 is 2.81 bits per heavy atom. The van der Waals surface area contributed by atoms with Crippen molar-refractivity contribution in [3.05, 3.63) is 18.2 Å². The molecule has 0 radical (unpaired) electrons. The maximum Gasteiger partial charge on any atom is 0.412 e. The maximum atomic E-state index is 11.8. The number of carbonyl (C=O) groups excluding carboxylic acids is 1. The Bertz CT molecular complexity index is 633. The number of anilines is 1. The number of hydrogen-bond donors (Lipinski definition) is 2. The summed E-state index contributed by atoms with van der Waals surface area (Å²) >= 11 is 0. The van der Waals surface area contributed by atoms with Crippen LogP contribution in [0.2, 0.25) is 0 Å². The summed E-state index contributed by atoms with van der Waals surface area (Å²) in [7, 11) is 1.42. The number of H-pyrrole nitrogens is 1. The first-order chi connectivity index (χ1) is 9.90. The van der Waals surface area contributed by atoms with Crippen LogP contribution in [0.1, 0.15) is 26.5 Å². The standard InChI is InChI=1S/C13H18N4O4/c1-13(2,3)21-12(18)17-8-5-14-11-9(6-20-19-4)15-7-16-10(8)11/h5,7,14H,6H2,1-4H3,(H,17,18). The van der Waals surface area contributed by atoms with Gasteiger partial charge in [-0.25, -0.2) is 24.5 Å². The average molecular weight is 294 g/mol. The van der Waals surface area contributed by atoms with Gasteiger partial charge in [0, 0.05) is 6.20 Å².